The van der Waals surface area contributed by atoms with Gasteiger partial charge in [-0.05, 0) is 66.4 Å². The summed E-state index contributed by atoms with van der Waals surface area (Å²) in [6.45, 7) is 8.67. The molecule has 0 fully saturated rings. The molecule has 166 valence electrons. The third kappa shape index (κ3) is 3.24. The van der Waals surface area contributed by atoms with Crippen molar-refractivity contribution in [1.82, 2.24) is 9.13 Å². The van der Waals surface area contributed by atoms with Crippen LogP contribution in [0.25, 0.3) is 54.7 Å². The molecule has 2 heterocycles. The molecule has 2 aromatic heterocycles. The molecular weight excluding hydrogens is 400 g/mol. The Hall–Kier alpha value is -3.52. The zero-order valence-corrected chi connectivity index (χ0v) is 20.5. The molecule has 33 heavy (non-hydrogen) atoms. The highest BCUT2D eigenvalue weighted by Crippen LogP contribution is 2.38. The Kier molecular flexibility index (Phi) is 5.25. The Morgan fingerprint density at radius 1 is 0.515 bits per heavy atom. The molecule has 2 heteroatoms. The van der Waals surface area contributed by atoms with Gasteiger partial charge in [-0.1, -0.05) is 62.7 Å². The maximum Gasteiger partial charge on any atom is 0.0496 e. The molecule has 0 N–H and O–H groups in total. The maximum atomic E-state index is 2.37. The number of aromatic nitrogens is 2. The first-order valence-electron chi connectivity index (χ1n) is 11.9. The number of rotatable bonds is 1. The van der Waals surface area contributed by atoms with E-state index in [4.69, 9.17) is 0 Å². The van der Waals surface area contributed by atoms with E-state index in [1.54, 1.807) is 0 Å². The van der Waals surface area contributed by atoms with Crippen LogP contribution in [0.2, 0.25) is 0 Å². The fraction of sp³-hybridized carbons (Fsp3) is 0.226. The molecule has 0 spiro atoms. The minimum Gasteiger partial charge on any atom is -0.344 e. The first kappa shape index (κ1) is 21.3. The second kappa shape index (κ2) is 8.12. The van der Waals surface area contributed by atoms with Crippen molar-refractivity contribution in [2.75, 3.05) is 0 Å². The van der Waals surface area contributed by atoms with Gasteiger partial charge >= 0.3 is 0 Å². The van der Waals surface area contributed by atoms with Crippen molar-refractivity contribution in [3.63, 3.8) is 0 Å². The van der Waals surface area contributed by atoms with Gasteiger partial charge in [-0.25, -0.2) is 0 Å². The number of hydrogen-bond donors (Lipinski definition) is 0. The van der Waals surface area contributed by atoms with Crippen LogP contribution in [0.5, 0.6) is 0 Å². The molecule has 0 saturated carbocycles. The van der Waals surface area contributed by atoms with E-state index < -0.39 is 0 Å². The molecular formula is C31H32N2. The molecule has 0 unspecified atom stereocenters. The van der Waals surface area contributed by atoms with Crippen LogP contribution in [0.15, 0.2) is 72.8 Å². The van der Waals surface area contributed by atoms with Crippen LogP contribution >= 0.6 is 0 Å². The summed E-state index contributed by atoms with van der Waals surface area (Å²) < 4.78 is 4.67. The monoisotopic (exact) mass is 432 g/mol. The average Bonchev–Trinajstić information content (AvgIpc) is 3.24. The normalized spacial score (nSPS) is 11.5. The quantitative estimate of drug-likeness (QED) is 0.246. The number of nitrogens with zero attached hydrogens (tertiary/aromatic N) is 2. The van der Waals surface area contributed by atoms with Gasteiger partial charge in [0.1, 0.15) is 0 Å². The summed E-state index contributed by atoms with van der Waals surface area (Å²) in [5, 5.41) is 5.29. The molecule has 0 aliphatic rings. The SMILES string of the molecule is CCC.Cc1ccccc1-c1cc2c(cc1C)c1cc3c(cc1n2C)c1ccccc1n3C. The number of para-hydroxylation sites is 1. The highest BCUT2D eigenvalue weighted by Gasteiger charge is 2.16. The van der Waals surface area contributed by atoms with Crippen molar-refractivity contribution in [3.8, 4) is 11.1 Å². The minimum atomic E-state index is 1.25. The summed E-state index contributed by atoms with van der Waals surface area (Å²) >= 11 is 0. The van der Waals surface area contributed by atoms with Gasteiger partial charge in [0.05, 0.1) is 0 Å². The van der Waals surface area contributed by atoms with Gasteiger partial charge in [0, 0.05) is 57.7 Å². The Morgan fingerprint density at radius 2 is 1.03 bits per heavy atom. The van der Waals surface area contributed by atoms with Crippen molar-refractivity contribution in [2.45, 2.75) is 34.1 Å². The largest absolute Gasteiger partial charge is 0.344 e. The molecule has 0 aliphatic heterocycles. The molecule has 0 radical (unpaired) electrons. The second-order valence-corrected chi connectivity index (χ2v) is 9.23. The number of aryl methyl sites for hydroxylation is 4. The molecule has 6 rings (SSSR count). The van der Waals surface area contributed by atoms with Gasteiger partial charge in [-0.15, -0.1) is 0 Å². The summed E-state index contributed by atoms with van der Waals surface area (Å²) in [6.07, 6.45) is 1.25. The maximum absolute atomic E-state index is 2.37. The summed E-state index contributed by atoms with van der Waals surface area (Å²) in [5.74, 6) is 0. The van der Waals surface area contributed by atoms with Crippen LogP contribution in [0.3, 0.4) is 0 Å². The van der Waals surface area contributed by atoms with Crippen LogP contribution in [-0.2, 0) is 14.1 Å². The van der Waals surface area contributed by atoms with Crippen LogP contribution in [0.4, 0.5) is 0 Å². The Bertz CT molecular complexity index is 1640. The molecule has 2 nitrogen and oxygen atoms in total. The van der Waals surface area contributed by atoms with E-state index in [0.717, 1.165) is 0 Å². The minimum absolute atomic E-state index is 1.25. The van der Waals surface area contributed by atoms with Gasteiger partial charge < -0.3 is 9.13 Å². The smallest absolute Gasteiger partial charge is 0.0496 e. The summed E-state index contributed by atoms with van der Waals surface area (Å²) in [4.78, 5) is 0. The van der Waals surface area contributed by atoms with E-state index in [-0.39, 0.29) is 0 Å². The predicted molar refractivity (Wildman–Crippen MR) is 145 cm³/mol. The van der Waals surface area contributed by atoms with E-state index in [0.29, 0.717) is 0 Å². The molecule has 6 aromatic rings. The number of hydrogen-bond acceptors (Lipinski definition) is 0. The van der Waals surface area contributed by atoms with E-state index >= 15 is 0 Å². The van der Waals surface area contributed by atoms with Gasteiger partial charge in [0.25, 0.3) is 0 Å². The standard InChI is InChI=1S/C28H24N2.C3H8/c1-17-9-5-6-10-19(17)21-14-26-22(13-18(21)2)24-16-27-23(15-28(24)30(26)4)20-11-7-8-12-25(20)29(27)3;1-3-2/h5-16H,1-4H3;3H2,1-2H3. The highest BCUT2D eigenvalue weighted by atomic mass is 15.0. The molecule has 0 atom stereocenters. The lowest BCUT2D eigenvalue weighted by Gasteiger charge is -2.10. The van der Waals surface area contributed by atoms with Crippen LogP contribution in [0.1, 0.15) is 31.4 Å². The molecule has 0 aliphatic carbocycles. The zero-order valence-electron chi connectivity index (χ0n) is 20.5. The van der Waals surface area contributed by atoms with Crippen LogP contribution < -0.4 is 0 Å². The second-order valence-electron chi connectivity index (χ2n) is 9.23. The van der Waals surface area contributed by atoms with Gasteiger partial charge in [-0.3, -0.25) is 0 Å². The Balaban J connectivity index is 0.000000724. The number of benzene rings is 4. The van der Waals surface area contributed by atoms with Crippen molar-refractivity contribution < 1.29 is 0 Å². The van der Waals surface area contributed by atoms with Crippen molar-refractivity contribution in [1.29, 1.82) is 0 Å². The first-order chi connectivity index (χ1) is 16.0. The van der Waals surface area contributed by atoms with E-state index in [9.17, 15) is 0 Å². The lowest BCUT2D eigenvalue weighted by molar-refractivity contribution is 1.01. The van der Waals surface area contributed by atoms with Gasteiger partial charge in [0.15, 0.2) is 0 Å². The topological polar surface area (TPSA) is 9.86 Å². The average molecular weight is 433 g/mol. The van der Waals surface area contributed by atoms with E-state index in [1.807, 2.05) is 0 Å². The Morgan fingerprint density at radius 3 is 1.73 bits per heavy atom. The molecule has 0 bridgehead atoms. The molecule has 0 amide bonds. The zero-order chi connectivity index (χ0) is 23.3. The van der Waals surface area contributed by atoms with Crippen LogP contribution in [-0.4, -0.2) is 9.13 Å². The summed E-state index contributed by atoms with van der Waals surface area (Å²) in [7, 11) is 4.36. The summed E-state index contributed by atoms with van der Waals surface area (Å²) in [6, 6.07) is 26.8. The summed E-state index contributed by atoms with van der Waals surface area (Å²) in [5.41, 5.74) is 10.4. The third-order valence-electron chi connectivity index (χ3n) is 6.82. The Labute approximate surface area is 196 Å². The van der Waals surface area contributed by atoms with Crippen LogP contribution in [0, 0.1) is 13.8 Å². The van der Waals surface area contributed by atoms with Crippen molar-refractivity contribution in [2.24, 2.45) is 14.1 Å². The van der Waals surface area contributed by atoms with E-state index in [1.165, 1.54) is 72.3 Å². The lowest BCUT2D eigenvalue weighted by atomic mass is 9.95. The molecule has 0 saturated heterocycles. The third-order valence-corrected chi connectivity index (χ3v) is 6.82. The fourth-order valence-corrected chi connectivity index (χ4v) is 5.17. The first-order valence-corrected chi connectivity index (χ1v) is 11.9. The highest BCUT2D eigenvalue weighted by molar-refractivity contribution is 6.18. The van der Waals surface area contributed by atoms with Crippen molar-refractivity contribution >= 4 is 43.6 Å². The lowest BCUT2D eigenvalue weighted by Crippen LogP contribution is -1.90. The predicted octanol–water partition coefficient (Wildman–Crippen LogP) is 8.68. The fourth-order valence-electron chi connectivity index (χ4n) is 5.17. The van der Waals surface area contributed by atoms with E-state index in [2.05, 4.69) is 124 Å². The van der Waals surface area contributed by atoms with Crippen molar-refractivity contribution in [3.05, 3.63) is 83.9 Å². The molecule has 4 aromatic carbocycles. The van der Waals surface area contributed by atoms with Gasteiger partial charge in [0.2, 0.25) is 0 Å². The van der Waals surface area contributed by atoms with Gasteiger partial charge in [-0.2, -0.15) is 0 Å². The number of fused-ring (bicyclic) bond motifs is 6.